The van der Waals surface area contributed by atoms with Crippen LogP contribution in [0.2, 0.25) is 0 Å². The maximum Gasteiger partial charge on any atom is 0.231 e. The summed E-state index contributed by atoms with van der Waals surface area (Å²) in [5.41, 5.74) is -0.152. The predicted molar refractivity (Wildman–Crippen MR) is 49.4 cm³/mol. The Hall–Kier alpha value is -1.06. The highest BCUT2D eigenvalue weighted by Gasteiger charge is 2.46. The molecular weight excluding hydrogens is 166 g/mol. The van der Waals surface area contributed by atoms with Gasteiger partial charge < -0.3 is 5.32 Å². The van der Waals surface area contributed by atoms with Gasteiger partial charge in [0.25, 0.3) is 0 Å². The minimum absolute atomic E-state index is 0.0538. The number of rotatable bonds is 1. The summed E-state index contributed by atoms with van der Waals surface area (Å²) >= 11 is 0. The summed E-state index contributed by atoms with van der Waals surface area (Å²) in [6, 6.07) is 0. The highest BCUT2D eigenvalue weighted by molar-refractivity contribution is 5.98. The normalized spacial score (nSPS) is 34.8. The number of carbonyl (C=O) groups is 1. The van der Waals surface area contributed by atoms with Crippen LogP contribution in [0.15, 0.2) is 0 Å². The largest absolute Gasteiger partial charge is 0.350 e. The molecule has 2 rings (SSSR count). The van der Waals surface area contributed by atoms with Gasteiger partial charge in [0.05, 0.1) is 6.42 Å². The first-order chi connectivity index (χ1) is 6.03. The van der Waals surface area contributed by atoms with E-state index < -0.39 is 0 Å². The second-order valence-electron chi connectivity index (χ2n) is 4.29. The van der Waals surface area contributed by atoms with Gasteiger partial charge in [0.1, 0.15) is 0 Å². The van der Waals surface area contributed by atoms with Crippen LogP contribution in [-0.4, -0.2) is 29.4 Å². The van der Waals surface area contributed by atoms with Gasteiger partial charge in [-0.05, 0) is 25.7 Å². The van der Waals surface area contributed by atoms with Gasteiger partial charge in [0, 0.05) is 12.6 Å². The summed E-state index contributed by atoms with van der Waals surface area (Å²) in [4.78, 5) is 12.9. The van der Waals surface area contributed by atoms with E-state index in [1.807, 2.05) is 6.92 Å². The number of carbonyl (C=O) groups excluding carboxylic acids is 1. The molecular formula is C9H15N3O. The highest BCUT2D eigenvalue weighted by Crippen LogP contribution is 2.42. The molecule has 2 fully saturated rings. The van der Waals surface area contributed by atoms with E-state index >= 15 is 0 Å². The molecule has 1 saturated heterocycles. The maximum atomic E-state index is 11.5. The van der Waals surface area contributed by atoms with Gasteiger partial charge in [0.2, 0.25) is 5.91 Å². The summed E-state index contributed by atoms with van der Waals surface area (Å²) < 4.78 is 0. The lowest BCUT2D eigenvalue weighted by Gasteiger charge is -2.39. The molecule has 0 aromatic carbocycles. The van der Waals surface area contributed by atoms with Gasteiger partial charge in [-0.15, -0.1) is 0 Å². The van der Waals surface area contributed by atoms with E-state index in [9.17, 15) is 4.79 Å². The topological polar surface area (TPSA) is 56.2 Å². The molecule has 1 heterocycles. The number of hydrogen-bond donors (Lipinski definition) is 2. The summed E-state index contributed by atoms with van der Waals surface area (Å²) in [6.45, 7) is 2.05. The minimum atomic E-state index is -0.152. The summed E-state index contributed by atoms with van der Waals surface area (Å²) in [5.74, 6) is 0.884. The Morgan fingerprint density at radius 1 is 1.62 bits per heavy atom. The van der Waals surface area contributed by atoms with Crippen molar-refractivity contribution in [2.75, 3.05) is 7.05 Å². The van der Waals surface area contributed by atoms with Crippen LogP contribution in [0.5, 0.6) is 0 Å². The molecule has 0 radical (unpaired) electrons. The fourth-order valence-electron chi connectivity index (χ4n) is 1.92. The molecule has 72 valence electrons. The van der Waals surface area contributed by atoms with E-state index in [4.69, 9.17) is 5.41 Å². The van der Waals surface area contributed by atoms with Crippen LogP contribution in [0, 0.1) is 11.3 Å². The molecule has 2 aliphatic rings. The van der Waals surface area contributed by atoms with Crippen molar-refractivity contribution < 1.29 is 4.79 Å². The van der Waals surface area contributed by atoms with Crippen LogP contribution in [0.1, 0.15) is 26.2 Å². The number of hydrogen-bond acceptors (Lipinski definition) is 2. The Balaban J connectivity index is 2.16. The van der Waals surface area contributed by atoms with Gasteiger partial charge in [0.15, 0.2) is 5.96 Å². The molecule has 1 amide bonds. The molecule has 0 aromatic heterocycles. The van der Waals surface area contributed by atoms with Crippen molar-refractivity contribution in [2.45, 2.75) is 31.7 Å². The Morgan fingerprint density at radius 2 is 2.23 bits per heavy atom. The second-order valence-corrected chi connectivity index (χ2v) is 4.29. The fourth-order valence-corrected chi connectivity index (χ4v) is 1.92. The van der Waals surface area contributed by atoms with Crippen LogP contribution in [-0.2, 0) is 4.79 Å². The Kier molecular flexibility index (Phi) is 1.62. The van der Waals surface area contributed by atoms with Crippen molar-refractivity contribution in [3.05, 3.63) is 0 Å². The highest BCUT2D eigenvalue weighted by atomic mass is 16.2. The lowest BCUT2D eigenvalue weighted by molar-refractivity contribution is -0.129. The zero-order chi connectivity index (χ0) is 9.64. The van der Waals surface area contributed by atoms with Crippen LogP contribution in [0.4, 0.5) is 0 Å². The van der Waals surface area contributed by atoms with Gasteiger partial charge in [-0.2, -0.15) is 0 Å². The van der Waals surface area contributed by atoms with E-state index in [1.54, 1.807) is 7.05 Å². The first-order valence-electron chi connectivity index (χ1n) is 4.66. The molecule has 2 N–H and O–H groups in total. The van der Waals surface area contributed by atoms with Crippen LogP contribution >= 0.6 is 0 Å². The van der Waals surface area contributed by atoms with Crippen molar-refractivity contribution >= 4 is 11.9 Å². The number of amides is 1. The lowest BCUT2D eigenvalue weighted by Crippen LogP contribution is -2.60. The molecule has 1 aliphatic heterocycles. The Labute approximate surface area is 77.8 Å². The van der Waals surface area contributed by atoms with E-state index in [1.165, 1.54) is 17.7 Å². The van der Waals surface area contributed by atoms with Crippen molar-refractivity contribution in [3.63, 3.8) is 0 Å². The van der Waals surface area contributed by atoms with Crippen LogP contribution in [0.25, 0.3) is 0 Å². The minimum Gasteiger partial charge on any atom is -0.350 e. The molecule has 4 nitrogen and oxygen atoms in total. The molecule has 0 bridgehead atoms. The Morgan fingerprint density at radius 3 is 2.69 bits per heavy atom. The fraction of sp³-hybridized carbons (Fsp3) is 0.778. The monoisotopic (exact) mass is 181 g/mol. The molecule has 0 unspecified atom stereocenters. The summed E-state index contributed by atoms with van der Waals surface area (Å²) in [5, 5.41) is 10.7. The molecule has 4 heteroatoms. The van der Waals surface area contributed by atoms with Crippen molar-refractivity contribution in [2.24, 2.45) is 5.92 Å². The predicted octanol–water partition coefficient (Wildman–Crippen LogP) is 0.542. The van der Waals surface area contributed by atoms with E-state index in [0.717, 1.165) is 0 Å². The van der Waals surface area contributed by atoms with Gasteiger partial charge >= 0.3 is 0 Å². The zero-order valence-corrected chi connectivity index (χ0v) is 8.05. The molecule has 1 atom stereocenters. The Bertz CT molecular complexity index is 252. The first-order valence-corrected chi connectivity index (χ1v) is 4.66. The molecule has 1 saturated carbocycles. The molecule has 1 aliphatic carbocycles. The van der Waals surface area contributed by atoms with Crippen LogP contribution < -0.4 is 5.32 Å². The standard InChI is InChI=1S/C9H15N3O/c1-9(6-3-4-6)5-7(13)12(2)8(10)11-9/h6H,3-5H2,1-2H3,(H2,10,11)/t9-/m0/s1. The van der Waals surface area contributed by atoms with Crippen LogP contribution in [0.3, 0.4) is 0 Å². The van der Waals surface area contributed by atoms with E-state index in [-0.39, 0.29) is 17.4 Å². The van der Waals surface area contributed by atoms with Crippen molar-refractivity contribution in [3.8, 4) is 0 Å². The quantitative estimate of drug-likeness (QED) is 0.620. The molecule has 13 heavy (non-hydrogen) atoms. The smallest absolute Gasteiger partial charge is 0.231 e. The zero-order valence-electron chi connectivity index (χ0n) is 8.05. The third-order valence-corrected chi connectivity index (χ3v) is 3.11. The van der Waals surface area contributed by atoms with Gasteiger partial charge in [-0.25, -0.2) is 0 Å². The second kappa shape index (κ2) is 2.47. The summed E-state index contributed by atoms with van der Waals surface area (Å²) in [7, 11) is 1.64. The number of nitrogens with zero attached hydrogens (tertiary/aromatic N) is 1. The number of guanidine groups is 1. The van der Waals surface area contributed by atoms with Gasteiger partial charge in [-0.3, -0.25) is 15.1 Å². The van der Waals surface area contributed by atoms with Gasteiger partial charge in [-0.1, -0.05) is 0 Å². The third kappa shape index (κ3) is 1.30. The summed E-state index contributed by atoms with van der Waals surface area (Å²) in [6.07, 6.45) is 2.90. The van der Waals surface area contributed by atoms with Crippen molar-refractivity contribution in [1.82, 2.24) is 10.2 Å². The average molecular weight is 181 g/mol. The lowest BCUT2D eigenvalue weighted by atomic mass is 9.89. The first kappa shape index (κ1) is 8.53. The molecule has 0 aromatic rings. The SMILES string of the molecule is CN1C(=N)N[C@](C)(C2CC2)CC1=O. The van der Waals surface area contributed by atoms with Crippen molar-refractivity contribution in [1.29, 1.82) is 5.41 Å². The molecule has 0 spiro atoms. The van der Waals surface area contributed by atoms with E-state index in [0.29, 0.717) is 12.3 Å². The number of nitrogens with one attached hydrogen (secondary N) is 2. The van der Waals surface area contributed by atoms with E-state index in [2.05, 4.69) is 5.32 Å². The third-order valence-electron chi connectivity index (χ3n) is 3.11. The average Bonchev–Trinajstić information content (AvgIpc) is 2.82. The maximum absolute atomic E-state index is 11.5.